The van der Waals surface area contributed by atoms with E-state index in [1.807, 2.05) is 7.05 Å². The molecular formula is C16H28N2O3. The Morgan fingerprint density at radius 1 is 1.19 bits per heavy atom. The molecule has 1 heterocycles. The molecule has 0 atom stereocenters. The summed E-state index contributed by atoms with van der Waals surface area (Å²) in [6, 6.07) is 0. The first kappa shape index (κ1) is 16.3. The van der Waals surface area contributed by atoms with Crippen LogP contribution in [0.1, 0.15) is 57.8 Å². The number of aliphatic carboxylic acids is 1. The average molecular weight is 296 g/mol. The summed E-state index contributed by atoms with van der Waals surface area (Å²) in [4.78, 5) is 25.6. The third-order valence-corrected chi connectivity index (χ3v) is 5.27. The number of piperidine rings is 1. The van der Waals surface area contributed by atoms with Crippen molar-refractivity contribution in [2.75, 3.05) is 20.1 Å². The number of nitrogens with zero attached hydrogens (tertiary/aromatic N) is 1. The van der Waals surface area contributed by atoms with E-state index in [2.05, 4.69) is 5.32 Å². The first-order chi connectivity index (χ1) is 10.0. The van der Waals surface area contributed by atoms with Crippen molar-refractivity contribution in [1.82, 2.24) is 10.2 Å². The van der Waals surface area contributed by atoms with Crippen molar-refractivity contribution < 1.29 is 14.7 Å². The SMILES string of the molecule is CN(C(=O)CC1CCNCC1)C1(CC(=O)O)CCCCC1. The molecule has 1 amide bonds. The zero-order valence-electron chi connectivity index (χ0n) is 13.1. The summed E-state index contributed by atoms with van der Waals surface area (Å²) in [5.41, 5.74) is -0.450. The second-order valence-corrected chi connectivity index (χ2v) is 6.71. The van der Waals surface area contributed by atoms with Gasteiger partial charge in [0.05, 0.1) is 12.0 Å². The predicted octanol–water partition coefficient (Wildman–Crippen LogP) is 2.01. The highest BCUT2D eigenvalue weighted by Crippen LogP contribution is 2.36. The first-order valence-electron chi connectivity index (χ1n) is 8.23. The molecule has 0 radical (unpaired) electrons. The Morgan fingerprint density at radius 3 is 2.38 bits per heavy atom. The lowest BCUT2D eigenvalue weighted by atomic mass is 9.77. The highest BCUT2D eigenvalue weighted by molar-refractivity contribution is 5.78. The normalized spacial score (nSPS) is 22.7. The van der Waals surface area contributed by atoms with Crippen molar-refractivity contribution >= 4 is 11.9 Å². The lowest BCUT2D eigenvalue weighted by Gasteiger charge is -2.44. The minimum absolute atomic E-state index is 0.0848. The molecule has 120 valence electrons. The van der Waals surface area contributed by atoms with E-state index in [-0.39, 0.29) is 12.3 Å². The van der Waals surface area contributed by atoms with Gasteiger partial charge in [0.15, 0.2) is 0 Å². The van der Waals surface area contributed by atoms with E-state index in [1.54, 1.807) is 4.90 Å². The topological polar surface area (TPSA) is 69.6 Å². The van der Waals surface area contributed by atoms with Gasteiger partial charge in [0, 0.05) is 13.5 Å². The maximum atomic E-state index is 12.6. The Hall–Kier alpha value is -1.10. The third kappa shape index (κ3) is 4.19. The smallest absolute Gasteiger partial charge is 0.305 e. The molecule has 0 bridgehead atoms. The van der Waals surface area contributed by atoms with Gasteiger partial charge in [-0.15, -0.1) is 0 Å². The predicted molar refractivity (Wildman–Crippen MR) is 81.0 cm³/mol. The van der Waals surface area contributed by atoms with E-state index in [1.165, 1.54) is 0 Å². The van der Waals surface area contributed by atoms with Crippen molar-refractivity contribution in [1.29, 1.82) is 0 Å². The number of carboxylic acid groups (broad SMARTS) is 1. The lowest BCUT2D eigenvalue weighted by Crippen LogP contribution is -2.52. The lowest BCUT2D eigenvalue weighted by molar-refractivity contribution is -0.146. The molecule has 2 fully saturated rings. The van der Waals surface area contributed by atoms with E-state index in [4.69, 9.17) is 0 Å². The summed E-state index contributed by atoms with van der Waals surface area (Å²) in [7, 11) is 1.82. The van der Waals surface area contributed by atoms with Crippen molar-refractivity contribution in [2.24, 2.45) is 5.92 Å². The monoisotopic (exact) mass is 296 g/mol. The van der Waals surface area contributed by atoms with Crippen LogP contribution in [0.15, 0.2) is 0 Å². The molecule has 1 aliphatic heterocycles. The summed E-state index contributed by atoms with van der Waals surface area (Å²) >= 11 is 0. The molecule has 2 rings (SSSR count). The van der Waals surface area contributed by atoms with Gasteiger partial charge in [0.1, 0.15) is 0 Å². The molecular weight excluding hydrogens is 268 g/mol. The summed E-state index contributed by atoms with van der Waals surface area (Å²) in [6.45, 7) is 1.98. The maximum Gasteiger partial charge on any atom is 0.305 e. The van der Waals surface area contributed by atoms with Crippen LogP contribution in [-0.4, -0.2) is 47.6 Å². The largest absolute Gasteiger partial charge is 0.481 e. The molecule has 1 saturated carbocycles. The quantitative estimate of drug-likeness (QED) is 0.814. The van der Waals surface area contributed by atoms with Crippen molar-refractivity contribution in [3.05, 3.63) is 0 Å². The van der Waals surface area contributed by atoms with E-state index in [9.17, 15) is 14.7 Å². The van der Waals surface area contributed by atoms with Gasteiger partial charge in [-0.25, -0.2) is 0 Å². The fourth-order valence-electron chi connectivity index (χ4n) is 3.86. The second kappa shape index (κ2) is 7.25. The first-order valence-corrected chi connectivity index (χ1v) is 8.23. The summed E-state index contributed by atoms with van der Waals surface area (Å²) in [5.74, 6) is -0.213. The molecule has 0 unspecified atom stereocenters. The van der Waals surface area contributed by atoms with Crippen LogP contribution in [0, 0.1) is 5.92 Å². The number of amides is 1. The molecule has 0 aromatic heterocycles. The fraction of sp³-hybridized carbons (Fsp3) is 0.875. The summed E-state index contributed by atoms with van der Waals surface area (Å²) in [5, 5.41) is 12.5. The van der Waals surface area contributed by atoms with Gasteiger partial charge < -0.3 is 15.3 Å². The van der Waals surface area contributed by atoms with E-state index in [0.29, 0.717) is 12.3 Å². The molecule has 1 saturated heterocycles. The summed E-state index contributed by atoms with van der Waals surface area (Å²) in [6.07, 6.45) is 7.60. The van der Waals surface area contributed by atoms with Gasteiger partial charge in [-0.1, -0.05) is 19.3 Å². The van der Waals surface area contributed by atoms with Crippen LogP contribution in [-0.2, 0) is 9.59 Å². The second-order valence-electron chi connectivity index (χ2n) is 6.71. The van der Waals surface area contributed by atoms with Crippen LogP contribution in [0.4, 0.5) is 0 Å². The zero-order valence-corrected chi connectivity index (χ0v) is 13.1. The zero-order chi connectivity index (χ0) is 15.3. The Bertz CT molecular complexity index is 372. The number of carbonyl (C=O) groups is 2. The van der Waals surface area contributed by atoms with Crippen LogP contribution in [0.5, 0.6) is 0 Å². The van der Waals surface area contributed by atoms with E-state index in [0.717, 1.165) is 58.0 Å². The third-order valence-electron chi connectivity index (χ3n) is 5.27. The molecule has 21 heavy (non-hydrogen) atoms. The van der Waals surface area contributed by atoms with Crippen molar-refractivity contribution in [3.8, 4) is 0 Å². The average Bonchev–Trinajstić information content (AvgIpc) is 2.47. The van der Waals surface area contributed by atoms with Gasteiger partial charge in [0.25, 0.3) is 0 Å². The fourth-order valence-corrected chi connectivity index (χ4v) is 3.86. The number of hydrogen-bond acceptors (Lipinski definition) is 3. The Balaban J connectivity index is 2.00. The maximum absolute atomic E-state index is 12.6. The number of carbonyl (C=O) groups excluding carboxylic acids is 1. The van der Waals surface area contributed by atoms with Crippen LogP contribution >= 0.6 is 0 Å². The molecule has 0 spiro atoms. The number of hydrogen-bond donors (Lipinski definition) is 2. The molecule has 0 aromatic rings. The molecule has 1 aliphatic carbocycles. The molecule has 5 heteroatoms. The van der Waals surface area contributed by atoms with Gasteiger partial charge in [-0.3, -0.25) is 9.59 Å². The molecule has 2 aliphatic rings. The van der Waals surface area contributed by atoms with E-state index >= 15 is 0 Å². The Kier molecular flexibility index (Phi) is 5.62. The van der Waals surface area contributed by atoms with Gasteiger partial charge in [-0.05, 0) is 44.7 Å². The standard InChI is InChI=1S/C16H28N2O3/c1-18(14(19)11-13-5-9-17-10-6-13)16(12-15(20)21)7-3-2-4-8-16/h13,17H,2-12H2,1H3,(H,20,21). The van der Waals surface area contributed by atoms with Crippen molar-refractivity contribution in [2.45, 2.75) is 63.3 Å². The highest BCUT2D eigenvalue weighted by Gasteiger charge is 2.40. The van der Waals surface area contributed by atoms with Crippen LogP contribution in [0.25, 0.3) is 0 Å². The Morgan fingerprint density at radius 2 is 1.81 bits per heavy atom. The molecule has 0 aromatic carbocycles. The number of nitrogens with one attached hydrogen (secondary N) is 1. The van der Waals surface area contributed by atoms with Crippen molar-refractivity contribution in [3.63, 3.8) is 0 Å². The van der Waals surface area contributed by atoms with Gasteiger partial charge >= 0.3 is 5.97 Å². The van der Waals surface area contributed by atoms with Gasteiger partial charge in [-0.2, -0.15) is 0 Å². The van der Waals surface area contributed by atoms with E-state index < -0.39 is 11.5 Å². The number of rotatable bonds is 5. The van der Waals surface area contributed by atoms with Crippen LogP contribution in [0.3, 0.4) is 0 Å². The number of carboxylic acids is 1. The molecule has 5 nitrogen and oxygen atoms in total. The minimum Gasteiger partial charge on any atom is -0.481 e. The van der Waals surface area contributed by atoms with Crippen LogP contribution < -0.4 is 5.32 Å². The molecule has 2 N–H and O–H groups in total. The summed E-state index contributed by atoms with van der Waals surface area (Å²) < 4.78 is 0. The van der Waals surface area contributed by atoms with Crippen LogP contribution in [0.2, 0.25) is 0 Å². The highest BCUT2D eigenvalue weighted by atomic mass is 16.4. The Labute approximate surface area is 127 Å². The van der Waals surface area contributed by atoms with Gasteiger partial charge in [0.2, 0.25) is 5.91 Å². The minimum atomic E-state index is -0.793.